The highest BCUT2D eigenvalue weighted by Gasteiger charge is 2.27. The molecule has 1 saturated carbocycles. The molecule has 0 saturated heterocycles. The number of fused-ring (bicyclic) bond motifs is 3. The van der Waals surface area contributed by atoms with Crippen molar-refractivity contribution in [3.63, 3.8) is 0 Å². The Bertz CT molecular complexity index is 662. The number of hydrogen-bond acceptors (Lipinski definition) is 3. The van der Waals surface area contributed by atoms with Gasteiger partial charge in [0.2, 0.25) is 0 Å². The van der Waals surface area contributed by atoms with E-state index in [9.17, 15) is 0 Å². The molecule has 0 N–H and O–H groups in total. The Morgan fingerprint density at radius 3 is 2.95 bits per heavy atom. The lowest BCUT2D eigenvalue weighted by molar-refractivity contribution is 0.0413. The van der Waals surface area contributed by atoms with Crippen molar-refractivity contribution < 1.29 is 4.74 Å². The number of rotatable bonds is 1. The predicted molar refractivity (Wildman–Crippen MR) is 84.4 cm³/mol. The first kappa shape index (κ1) is 13.1. The first-order valence-electron chi connectivity index (χ1n) is 8.07. The van der Waals surface area contributed by atoms with Crippen molar-refractivity contribution in [1.82, 2.24) is 9.88 Å². The van der Waals surface area contributed by atoms with E-state index in [2.05, 4.69) is 28.9 Å². The molecule has 0 amide bonds. The molecule has 1 aromatic heterocycles. The van der Waals surface area contributed by atoms with Gasteiger partial charge in [-0.15, -0.1) is 0 Å². The highest BCUT2D eigenvalue weighted by atomic mass is 16.5. The number of nitrogens with zero attached hydrogens (tertiary/aromatic N) is 2. The second-order valence-electron chi connectivity index (χ2n) is 6.39. The fourth-order valence-corrected chi connectivity index (χ4v) is 3.83. The van der Waals surface area contributed by atoms with Crippen LogP contribution in [0.4, 0.5) is 0 Å². The summed E-state index contributed by atoms with van der Waals surface area (Å²) in [5.41, 5.74) is 3.62. The van der Waals surface area contributed by atoms with Crippen LogP contribution in [-0.2, 0) is 6.54 Å². The molecule has 1 aromatic carbocycles. The fourth-order valence-electron chi connectivity index (χ4n) is 3.83. The van der Waals surface area contributed by atoms with Crippen molar-refractivity contribution in [2.45, 2.75) is 51.6 Å². The van der Waals surface area contributed by atoms with Crippen molar-refractivity contribution >= 4 is 10.9 Å². The Hall–Kier alpha value is -1.61. The second-order valence-corrected chi connectivity index (χ2v) is 6.39. The van der Waals surface area contributed by atoms with E-state index in [4.69, 9.17) is 4.74 Å². The van der Waals surface area contributed by atoms with Gasteiger partial charge in [0.25, 0.3) is 0 Å². The van der Waals surface area contributed by atoms with Crippen LogP contribution in [0.5, 0.6) is 5.75 Å². The van der Waals surface area contributed by atoms with Gasteiger partial charge in [0.05, 0.1) is 0 Å². The molecule has 2 heterocycles. The van der Waals surface area contributed by atoms with E-state index >= 15 is 0 Å². The van der Waals surface area contributed by atoms with E-state index in [-0.39, 0.29) is 0 Å². The molecule has 21 heavy (non-hydrogen) atoms. The van der Waals surface area contributed by atoms with Gasteiger partial charge in [0, 0.05) is 29.7 Å². The summed E-state index contributed by atoms with van der Waals surface area (Å²) in [5, 5.41) is 1.21. The lowest BCUT2D eigenvalue weighted by Crippen LogP contribution is -2.41. The summed E-state index contributed by atoms with van der Waals surface area (Å²) in [6.45, 7) is 3.89. The van der Waals surface area contributed by atoms with Gasteiger partial charge in [-0.25, -0.2) is 0 Å². The summed E-state index contributed by atoms with van der Waals surface area (Å²) >= 11 is 0. The summed E-state index contributed by atoms with van der Waals surface area (Å²) in [4.78, 5) is 7.06. The normalized spacial score (nSPS) is 20.2. The topological polar surface area (TPSA) is 25.4 Å². The molecule has 4 rings (SSSR count). The summed E-state index contributed by atoms with van der Waals surface area (Å²) in [6.07, 6.45) is 8.64. The van der Waals surface area contributed by atoms with Gasteiger partial charge >= 0.3 is 0 Å². The van der Waals surface area contributed by atoms with Crippen LogP contribution in [0, 0.1) is 6.92 Å². The second kappa shape index (κ2) is 5.30. The van der Waals surface area contributed by atoms with Crippen molar-refractivity contribution in [3.8, 4) is 5.75 Å². The van der Waals surface area contributed by atoms with E-state index < -0.39 is 0 Å². The zero-order chi connectivity index (χ0) is 14.2. The van der Waals surface area contributed by atoms with Crippen LogP contribution < -0.4 is 4.74 Å². The van der Waals surface area contributed by atoms with Gasteiger partial charge < -0.3 is 4.74 Å². The van der Waals surface area contributed by atoms with Gasteiger partial charge in [-0.2, -0.15) is 0 Å². The van der Waals surface area contributed by atoms with Gasteiger partial charge in [-0.3, -0.25) is 9.88 Å². The van der Waals surface area contributed by atoms with Gasteiger partial charge in [0.1, 0.15) is 12.2 Å². The Morgan fingerprint density at radius 1 is 1.24 bits per heavy atom. The van der Waals surface area contributed by atoms with E-state index in [0.29, 0.717) is 12.8 Å². The Kier molecular flexibility index (Phi) is 3.30. The van der Waals surface area contributed by atoms with Crippen molar-refractivity contribution in [1.29, 1.82) is 0 Å². The van der Waals surface area contributed by atoms with Crippen LogP contribution in [0.1, 0.15) is 43.2 Å². The van der Waals surface area contributed by atoms with Gasteiger partial charge in [-0.1, -0.05) is 31.4 Å². The van der Waals surface area contributed by atoms with E-state index in [1.54, 1.807) is 0 Å². The minimum Gasteiger partial charge on any atom is -0.475 e. The summed E-state index contributed by atoms with van der Waals surface area (Å²) in [5.74, 6) is 1.00. The number of benzene rings is 1. The number of aryl methyl sites for hydroxylation is 1. The SMILES string of the molecule is Cc1cc2c(c3ncccc13)OCN(C1CCCCC1)C2. The maximum atomic E-state index is 6.12. The van der Waals surface area contributed by atoms with Crippen LogP contribution in [0.25, 0.3) is 10.9 Å². The number of aromatic nitrogens is 1. The van der Waals surface area contributed by atoms with E-state index in [1.807, 2.05) is 12.3 Å². The zero-order valence-electron chi connectivity index (χ0n) is 12.6. The maximum absolute atomic E-state index is 6.12. The number of pyridine rings is 1. The van der Waals surface area contributed by atoms with Crippen LogP contribution in [0.3, 0.4) is 0 Å². The molecule has 2 aromatic rings. The van der Waals surface area contributed by atoms with Crippen LogP contribution in [0.2, 0.25) is 0 Å². The summed E-state index contributed by atoms with van der Waals surface area (Å²) in [6, 6.07) is 7.12. The Balaban J connectivity index is 1.69. The molecule has 1 aliphatic carbocycles. The van der Waals surface area contributed by atoms with E-state index in [0.717, 1.165) is 17.8 Å². The Labute approximate surface area is 125 Å². The van der Waals surface area contributed by atoms with Gasteiger partial charge in [0.15, 0.2) is 5.75 Å². The lowest BCUT2D eigenvalue weighted by atomic mass is 9.93. The molecule has 0 unspecified atom stereocenters. The highest BCUT2D eigenvalue weighted by Crippen LogP contribution is 2.36. The molecule has 3 heteroatoms. The summed E-state index contributed by atoms with van der Waals surface area (Å²) < 4.78 is 6.12. The van der Waals surface area contributed by atoms with Gasteiger partial charge in [-0.05, 0) is 31.4 Å². The number of hydrogen-bond donors (Lipinski definition) is 0. The molecule has 1 aliphatic heterocycles. The van der Waals surface area contributed by atoms with Crippen molar-refractivity contribution in [3.05, 3.63) is 35.5 Å². The van der Waals surface area contributed by atoms with Crippen LogP contribution in [-0.4, -0.2) is 22.7 Å². The Morgan fingerprint density at radius 2 is 2.10 bits per heavy atom. The molecular weight excluding hydrogens is 260 g/mol. The highest BCUT2D eigenvalue weighted by molar-refractivity contribution is 5.88. The monoisotopic (exact) mass is 282 g/mol. The standard InChI is InChI=1S/C18H22N2O/c1-13-10-14-11-20(15-6-3-2-4-7-15)12-21-18(14)17-16(13)8-5-9-19-17/h5,8-10,15H,2-4,6-7,11-12H2,1H3. The molecule has 2 aliphatic rings. The van der Waals surface area contributed by atoms with Crippen molar-refractivity contribution in [2.75, 3.05) is 6.73 Å². The maximum Gasteiger partial charge on any atom is 0.152 e. The fraction of sp³-hybridized carbons (Fsp3) is 0.500. The lowest BCUT2D eigenvalue weighted by Gasteiger charge is -2.37. The van der Waals surface area contributed by atoms with Crippen LogP contribution in [0.15, 0.2) is 24.4 Å². The molecule has 3 nitrogen and oxygen atoms in total. The minimum absolute atomic E-state index is 0.701. The smallest absolute Gasteiger partial charge is 0.152 e. The molecule has 110 valence electrons. The molecule has 0 atom stereocenters. The minimum atomic E-state index is 0.701. The van der Waals surface area contributed by atoms with E-state index in [1.165, 1.54) is 48.6 Å². The quantitative estimate of drug-likeness (QED) is 0.789. The predicted octanol–water partition coefficient (Wildman–Crippen LogP) is 4.03. The first-order chi connectivity index (χ1) is 10.3. The molecule has 0 bridgehead atoms. The van der Waals surface area contributed by atoms with Crippen molar-refractivity contribution in [2.24, 2.45) is 0 Å². The molecule has 1 fully saturated rings. The molecule has 0 radical (unpaired) electrons. The average Bonchev–Trinajstić information content (AvgIpc) is 2.55. The first-order valence-corrected chi connectivity index (χ1v) is 8.07. The molecule has 0 spiro atoms. The third-order valence-electron chi connectivity index (χ3n) is 4.97. The van der Waals surface area contributed by atoms with Crippen LogP contribution >= 0.6 is 0 Å². The third-order valence-corrected chi connectivity index (χ3v) is 4.97. The summed E-state index contributed by atoms with van der Waals surface area (Å²) in [7, 11) is 0. The average molecular weight is 282 g/mol. The largest absolute Gasteiger partial charge is 0.475 e. The zero-order valence-corrected chi connectivity index (χ0v) is 12.6. The number of ether oxygens (including phenoxy) is 1. The third kappa shape index (κ3) is 2.30. The molecular formula is C18H22N2O.